The molecule has 8 nitrogen and oxygen atoms in total. The number of carbonyl (C=O) groups excluding carboxylic acids is 1. The van der Waals surface area contributed by atoms with Gasteiger partial charge in [-0.25, -0.2) is 19.0 Å². The molecule has 2 aliphatic carbocycles. The second-order valence-corrected chi connectivity index (χ2v) is 7.79. The van der Waals surface area contributed by atoms with Gasteiger partial charge in [-0.15, -0.1) is 5.10 Å². The quantitative estimate of drug-likeness (QED) is 0.672. The molecule has 0 aliphatic heterocycles. The Morgan fingerprint density at radius 3 is 2.60 bits per heavy atom. The first kappa shape index (κ1) is 18.7. The van der Waals surface area contributed by atoms with Crippen LogP contribution >= 0.6 is 0 Å². The van der Waals surface area contributed by atoms with Crippen molar-refractivity contribution in [1.82, 2.24) is 19.7 Å². The molecule has 0 saturated heterocycles. The molecule has 3 aromatic rings. The molecule has 30 heavy (non-hydrogen) atoms. The zero-order valence-electron chi connectivity index (χ0n) is 16.2. The van der Waals surface area contributed by atoms with Gasteiger partial charge in [-0.1, -0.05) is 12.5 Å². The summed E-state index contributed by atoms with van der Waals surface area (Å²) in [4.78, 5) is 32.7. The van der Waals surface area contributed by atoms with Gasteiger partial charge in [0, 0.05) is 0 Å². The normalized spacial score (nSPS) is 16.3. The number of carbonyl (C=O) groups is 1. The van der Waals surface area contributed by atoms with Crippen molar-refractivity contribution in [2.45, 2.75) is 50.7 Å². The lowest BCUT2D eigenvalue weighted by molar-refractivity contribution is -0.117. The highest BCUT2D eigenvalue weighted by Crippen LogP contribution is 2.38. The number of hydrogen-bond acceptors (Lipinski definition) is 6. The highest BCUT2D eigenvalue weighted by atomic mass is 19.1. The van der Waals surface area contributed by atoms with E-state index in [1.807, 2.05) is 12.1 Å². The van der Waals surface area contributed by atoms with Crippen LogP contribution in [0.4, 0.5) is 10.3 Å². The number of benzene rings is 1. The topological polar surface area (TPSA) is 99.0 Å². The Kier molecular flexibility index (Phi) is 4.65. The number of anilines is 1. The smallest absolute Gasteiger partial charge is 0.275 e. The van der Waals surface area contributed by atoms with Crippen molar-refractivity contribution in [3.05, 3.63) is 52.3 Å². The molecule has 0 atom stereocenters. The van der Waals surface area contributed by atoms with Gasteiger partial charge in [0.15, 0.2) is 5.82 Å². The first-order valence-electron chi connectivity index (χ1n) is 10.1. The van der Waals surface area contributed by atoms with Crippen LogP contribution in [-0.2, 0) is 11.3 Å². The summed E-state index contributed by atoms with van der Waals surface area (Å²) < 4.78 is 20.0. The third kappa shape index (κ3) is 3.74. The predicted octanol–water partition coefficient (Wildman–Crippen LogP) is 2.77. The van der Waals surface area contributed by atoms with Crippen molar-refractivity contribution in [3.8, 4) is 5.88 Å². The van der Waals surface area contributed by atoms with Gasteiger partial charge >= 0.3 is 0 Å². The Labute approximate surface area is 171 Å². The molecule has 1 amide bonds. The lowest BCUT2D eigenvalue weighted by atomic mass is 9.80. The molecule has 2 saturated carbocycles. The van der Waals surface area contributed by atoms with E-state index in [-0.39, 0.29) is 24.2 Å². The Morgan fingerprint density at radius 1 is 1.17 bits per heavy atom. The number of rotatable bonds is 6. The van der Waals surface area contributed by atoms with Crippen LogP contribution in [-0.4, -0.2) is 31.8 Å². The van der Waals surface area contributed by atoms with Crippen LogP contribution in [0, 0.1) is 5.82 Å². The summed E-state index contributed by atoms with van der Waals surface area (Å²) in [6.07, 6.45) is 7.43. The molecule has 0 unspecified atom stereocenters. The van der Waals surface area contributed by atoms with E-state index in [9.17, 15) is 14.0 Å². The van der Waals surface area contributed by atoms with Crippen LogP contribution in [0.2, 0.25) is 0 Å². The molecular weight excluding hydrogens is 389 g/mol. The molecule has 2 fully saturated rings. The lowest BCUT2D eigenvalue weighted by Crippen LogP contribution is -2.30. The number of amides is 1. The molecule has 154 valence electrons. The number of nitrogens with one attached hydrogen (secondary N) is 1. The van der Waals surface area contributed by atoms with Crippen molar-refractivity contribution in [2.75, 3.05) is 5.32 Å². The van der Waals surface area contributed by atoms with E-state index in [4.69, 9.17) is 4.74 Å². The van der Waals surface area contributed by atoms with Crippen molar-refractivity contribution >= 4 is 22.6 Å². The highest BCUT2D eigenvalue weighted by molar-refractivity contribution is 5.90. The summed E-state index contributed by atoms with van der Waals surface area (Å²) >= 11 is 0. The van der Waals surface area contributed by atoms with Crippen molar-refractivity contribution < 1.29 is 13.9 Å². The number of ether oxygens (including phenoxy) is 1. The van der Waals surface area contributed by atoms with Gasteiger partial charge in [0.25, 0.3) is 5.56 Å². The van der Waals surface area contributed by atoms with Crippen LogP contribution in [0.15, 0.2) is 35.4 Å². The molecule has 2 aliphatic rings. The first-order valence-corrected chi connectivity index (χ1v) is 10.1. The fourth-order valence-corrected chi connectivity index (χ4v) is 3.48. The standard InChI is InChI=1S/C21H20FN5O3/c22-14-9-23-21(24-10-14)25-18(28)11-27-20(29)16-7-4-13(12-2-1-3-12)8-17(16)19(26-27)30-15-5-6-15/h4,7-10,12,15H,1-3,5-6,11H2,(H,23,24,25,28). The fraction of sp³-hybridized carbons (Fsp3) is 0.381. The van der Waals surface area contributed by atoms with E-state index in [1.54, 1.807) is 6.07 Å². The van der Waals surface area contributed by atoms with Gasteiger partial charge in [0.2, 0.25) is 17.7 Å². The van der Waals surface area contributed by atoms with Crippen molar-refractivity contribution in [3.63, 3.8) is 0 Å². The number of halogens is 1. The largest absolute Gasteiger partial charge is 0.473 e. The molecule has 1 aromatic carbocycles. The second kappa shape index (κ2) is 7.47. The average molecular weight is 409 g/mol. The van der Waals surface area contributed by atoms with Crippen molar-refractivity contribution in [1.29, 1.82) is 0 Å². The molecular formula is C21H20FN5O3. The highest BCUT2D eigenvalue weighted by Gasteiger charge is 2.27. The molecule has 5 rings (SSSR count). The zero-order valence-corrected chi connectivity index (χ0v) is 16.2. The monoisotopic (exact) mass is 409 g/mol. The summed E-state index contributed by atoms with van der Waals surface area (Å²) in [6.45, 7) is -0.332. The SMILES string of the molecule is O=C(Cn1nc(OC2CC2)c2cc(C3CCC3)ccc2c1=O)Nc1ncc(F)cn1. The van der Waals surface area contributed by atoms with Gasteiger partial charge in [-0.3, -0.25) is 14.9 Å². The number of hydrogen-bond donors (Lipinski definition) is 1. The van der Waals surface area contributed by atoms with Gasteiger partial charge in [0.05, 0.1) is 23.2 Å². The minimum Gasteiger partial charge on any atom is -0.473 e. The Hall–Kier alpha value is -3.36. The molecule has 9 heteroatoms. The summed E-state index contributed by atoms with van der Waals surface area (Å²) in [6, 6.07) is 5.78. The maximum absolute atomic E-state index is 13.0. The molecule has 0 radical (unpaired) electrons. The number of nitrogens with zero attached hydrogens (tertiary/aromatic N) is 4. The predicted molar refractivity (Wildman–Crippen MR) is 107 cm³/mol. The van der Waals surface area contributed by atoms with E-state index < -0.39 is 11.7 Å². The summed E-state index contributed by atoms with van der Waals surface area (Å²) in [5.41, 5.74) is 0.822. The zero-order chi connectivity index (χ0) is 20.7. The van der Waals surface area contributed by atoms with Crippen molar-refractivity contribution in [2.24, 2.45) is 0 Å². The Morgan fingerprint density at radius 2 is 1.93 bits per heavy atom. The Bertz CT molecular complexity index is 1170. The van der Waals surface area contributed by atoms with E-state index >= 15 is 0 Å². The number of fused-ring (bicyclic) bond motifs is 1. The molecule has 2 aromatic heterocycles. The summed E-state index contributed by atoms with van der Waals surface area (Å²) in [5.74, 6) is -0.302. The first-order chi connectivity index (χ1) is 14.6. The third-order valence-electron chi connectivity index (χ3n) is 5.49. The van der Waals surface area contributed by atoms with E-state index in [1.165, 1.54) is 12.0 Å². The minimum atomic E-state index is -0.608. The summed E-state index contributed by atoms with van der Waals surface area (Å²) in [7, 11) is 0. The van der Waals surface area contributed by atoms with Crippen LogP contribution < -0.4 is 15.6 Å². The average Bonchev–Trinajstić information content (AvgIpc) is 3.50. The number of aromatic nitrogens is 4. The molecule has 0 bridgehead atoms. The van der Waals surface area contributed by atoms with E-state index in [2.05, 4.69) is 20.4 Å². The van der Waals surface area contributed by atoms with Crippen LogP contribution in [0.25, 0.3) is 10.8 Å². The molecule has 1 N–H and O–H groups in total. The molecule has 2 heterocycles. The summed E-state index contributed by atoms with van der Waals surface area (Å²) in [5, 5.41) is 7.93. The van der Waals surface area contributed by atoms with Gasteiger partial charge in [-0.05, 0) is 49.3 Å². The Balaban J connectivity index is 1.46. The van der Waals surface area contributed by atoms with Gasteiger partial charge < -0.3 is 4.74 Å². The van der Waals surface area contributed by atoms with Crippen LogP contribution in [0.5, 0.6) is 5.88 Å². The fourth-order valence-electron chi connectivity index (χ4n) is 3.48. The second-order valence-electron chi connectivity index (χ2n) is 7.79. The van der Waals surface area contributed by atoms with E-state index in [0.717, 1.165) is 42.8 Å². The van der Waals surface area contributed by atoms with Gasteiger partial charge in [-0.2, -0.15) is 0 Å². The minimum absolute atomic E-state index is 0.0465. The maximum Gasteiger partial charge on any atom is 0.275 e. The lowest BCUT2D eigenvalue weighted by Gasteiger charge is -2.26. The van der Waals surface area contributed by atoms with E-state index in [0.29, 0.717) is 22.6 Å². The molecule has 0 spiro atoms. The van der Waals surface area contributed by atoms with Crippen LogP contribution in [0.1, 0.15) is 43.6 Å². The van der Waals surface area contributed by atoms with Crippen LogP contribution in [0.3, 0.4) is 0 Å². The maximum atomic E-state index is 13.0. The third-order valence-corrected chi connectivity index (χ3v) is 5.49. The van der Waals surface area contributed by atoms with Gasteiger partial charge in [0.1, 0.15) is 12.6 Å².